The second kappa shape index (κ2) is 9.46. The topological polar surface area (TPSA) is 107 Å². The van der Waals surface area contributed by atoms with Crippen LogP contribution in [0.5, 0.6) is 11.5 Å². The molecule has 8 nitrogen and oxygen atoms in total. The van der Waals surface area contributed by atoms with Crippen molar-refractivity contribution in [1.29, 1.82) is 0 Å². The van der Waals surface area contributed by atoms with Gasteiger partial charge in [0.2, 0.25) is 22.7 Å². The Morgan fingerprint density at radius 2 is 1.68 bits per heavy atom. The quantitative estimate of drug-likeness (QED) is 0.466. The van der Waals surface area contributed by atoms with Crippen molar-refractivity contribution in [3.8, 4) is 22.8 Å². The molecule has 2 fully saturated rings. The Morgan fingerprint density at radius 3 is 2.43 bits per heavy atom. The van der Waals surface area contributed by atoms with Crippen molar-refractivity contribution in [2.24, 2.45) is 0 Å². The number of fused-ring (bicyclic) bond motifs is 1. The van der Waals surface area contributed by atoms with E-state index in [4.69, 9.17) is 9.47 Å². The highest BCUT2D eigenvalue weighted by Crippen LogP contribution is 2.51. The summed E-state index contributed by atoms with van der Waals surface area (Å²) in [6.07, 6.45) is 6.56. The molecule has 1 amide bonds. The summed E-state index contributed by atoms with van der Waals surface area (Å²) in [4.78, 5) is 18.1. The average Bonchev–Trinajstić information content (AvgIpc) is 3.60. The molecule has 3 aromatic rings. The number of rotatable bonds is 7. The van der Waals surface area contributed by atoms with Crippen molar-refractivity contribution >= 4 is 21.7 Å². The summed E-state index contributed by atoms with van der Waals surface area (Å²) >= 11 is 0. The highest BCUT2D eigenvalue weighted by Gasteiger charge is 2.51. The standard InChI is InChI=1S/C28H29N3O5S/c32-27(28(15-16-28)20-11-14-24-25(17-20)36-18-35-24)30-26-8-4-7-23(29-26)19-9-12-22(13-10-19)37(33,34)31-21-5-2-1-3-6-21/h4,7-14,17,21,31H,1-3,5-6,15-16,18H2,(H,29,30,32). The van der Waals surface area contributed by atoms with Crippen molar-refractivity contribution in [3.05, 3.63) is 66.2 Å². The molecular weight excluding hydrogens is 490 g/mol. The molecule has 1 aromatic heterocycles. The molecule has 2 saturated carbocycles. The zero-order chi connectivity index (χ0) is 25.5. The predicted molar refractivity (Wildman–Crippen MR) is 139 cm³/mol. The van der Waals surface area contributed by atoms with Gasteiger partial charge in [-0.05, 0) is 67.6 Å². The van der Waals surface area contributed by atoms with Gasteiger partial charge in [-0.2, -0.15) is 0 Å². The Labute approximate surface area is 216 Å². The van der Waals surface area contributed by atoms with Crippen LogP contribution in [0.1, 0.15) is 50.5 Å². The van der Waals surface area contributed by atoms with E-state index >= 15 is 0 Å². The Bertz CT molecular complexity index is 1430. The third-order valence-corrected chi connectivity index (χ3v) is 9.02. The molecule has 0 atom stereocenters. The SMILES string of the molecule is O=C(Nc1cccc(-c2ccc(S(=O)(=O)NC3CCCCC3)cc2)n1)C1(c2ccc3c(c2)OCO3)CC1. The molecule has 192 valence electrons. The number of amides is 1. The van der Waals surface area contributed by atoms with Gasteiger partial charge in [-0.1, -0.05) is 43.5 Å². The summed E-state index contributed by atoms with van der Waals surface area (Å²) < 4.78 is 39.3. The highest BCUT2D eigenvalue weighted by atomic mass is 32.2. The monoisotopic (exact) mass is 519 g/mol. The molecule has 37 heavy (non-hydrogen) atoms. The van der Waals surface area contributed by atoms with Gasteiger partial charge >= 0.3 is 0 Å². The van der Waals surface area contributed by atoms with Crippen molar-refractivity contribution < 1.29 is 22.7 Å². The molecule has 9 heteroatoms. The number of carbonyl (C=O) groups excluding carboxylic acids is 1. The molecule has 0 bridgehead atoms. The van der Waals surface area contributed by atoms with Crippen LogP contribution in [0.3, 0.4) is 0 Å². The minimum atomic E-state index is -3.57. The van der Waals surface area contributed by atoms with E-state index in [-0.39, 0.29) is 23.6 Å². The van der Waals surface area contributed by atoms with Gasteiger partial charge in [-0.25, -0.2) is 18.1 Å². The molecule has 6 rings (SSSR count). The molecule has 3 aliphatic rings. The van der Waals surface area contributed by atoms with Crippen LogP contribution in [-0.4, -0.2) is 32.1 Å². The summed E-state index contributed by atoms with van der Waals surface area (Å²) in [5.74, 6) is 1.70. The molecule has 0 radical (unpaired) electrons. The summed E-state index contributed by atoms with van der Waals surface area (Å²) in [5, 5.41) is 2.97. The molecule has 2 heterocycles. The van der Waals surface area contributed by atoms with Gasteiger partial charge in [0.1, 0.15) is 5.82 Å². The maximum absolute atomic E-state index is 13.3. The van der Waals surface area contributed by atoms with E-state index in [2.05, 4.69) is 15.0 Å². The number of aromatic nitrogens is 1. The number of hydrogen-bond acceptors (Lipinski definition) is 6. The van der Waals surface area contributed by atoms with E-state index in [9.17, 15) is 13.2 Å². The van der Waals surface area contributed by atoms with Crippen molar-refractivity contribution in [1.82, 2.24) is 9.71 Å². The van der Waals surface area contributed by atoms with Gasteiger partial charge in [0.15, 0.2) is 11.5 Å². The van der Waals surface area contributed by atoms with Crippen molar-refractivity contribution in [2.75, 3.05) is 12.1 Å². The number of carbonyl (C=O) groups is 1. The van der Waals surface area contributed by atoms with Crippen LogP contribution in [0.2, 0.25) is 0 Å². The average molecular weight is 520 g/mol. The van der Waals surface area contributed by atoms with Crippen LogP contribution in [0, 0.1) is 0 Å². The first kappa shape index (κ1) is 23.9. The zero-order valence-electron chi connectivity index (χ0n) is 20.4. The molecule has 0 spiro atoms. The number of hydrogen-bond donors (Lipinski definition) is 2. The Kier molecular flexibility index (Phi) is 6.12. The second-order valence-corrected chi connectivity index (χ2v) is 11.7. The first-order valence-electron chi connectivity index (χ1n) is 12.7. The van der Waals surface area contributed by atoms with Gasteiger partial charge in [-0.3, -0.25) is 4.79 Å². The minimum Gasteiger partial charge on any atom is -0.454 e. The lowest BCUT2D eigenvalue weighted by Gasteiger charge is -2.22. The summed E-state index contributed by atoms with van der Waals surface area (Å²) in [6, 6.07) is 17.8. The van der Waals surface area contributed by atoms with Crippen LogP contribution in [0.25, 0.3) is 11.3 Å². The minimum absolute atomic E-state index is 0.00723. The molecule has 0 saturated heterocycles. The predicted octanol–water partition coefficient (Wildman–Crippen LogP) is 4.76. The second-order valence-electron chi connectivity index (χ2n) is 9.99. The zero-order valence-corrected chi connectivity index (χ0v) is 21.2. The van der Waals surface area contributed by atoms with Crippen molar-refractivity contribution in [3.63, 3.8) is 0 Å². The number of benzene rings is 2. The number of anilines is 1. The lowest BCUT2D eigenvalue weighted by atomic mass is 9.94. The number of pyridine rings is 1. The normalized spacial score (nSPS) is 18.4. The van der Waals surface area contributed by atoms with Crippen LogP contribution >= 0.6 is 0 Å². The van der Waals surface area contributed by atoms with Crippen LogP contribution < -0.4 is 19.5 Å². The van der Waals surface area contributed by atoms with Crippen molar-refractivity contribution in [2.45, 2.75) is 61.3 Å². The highest BCUT2D eigenvalue weighted by molar-refractivity contribution is 7.89. The first-order valence-corrected chi connectivity index (χ1v) is 14.2. The van der Waals surface area contributed by atoms with E-state index in [0.29, 0.717) is 23.0 Å². The number of sulfonamides is 1. The van der Waals surface area contributed by atoms with Gasteiger partial charge in [-0.15, -0.1) is 0 Å². The third kappa shape index (κ3) is 4.81. The van der Waals surface area contributed by atoms with Crippen LogP contribution in [0.4, 0.5) is 5.82 Å². The lowest BCUT2D eigenvalue weighted by molar-refractivity contribution is -0.118. The maximum atomic E-state index is 13.3. The third-order valence-electron chi connectivity index (χ3n) is 7.49. The van der Waals surface area contributed by atoms with E-state index in [1.807, 2.05) is 30.3 Å². The summed E-state index contributed by atoms with van der Waals surface area (Å²) in [5.41, 5.74) is 1.73. The van der Waals surface area contributed by atoms with E-state index < -0.39 is 15.4 Å². The lowest BCUT2D eigenvalue weighted by Crippen LogP contribution is -2.36. The van der Waals surface area contributed by atoms with Crippen LogP contribution in [-0.2, 0) is 20.2 Å². The molecule has 2 aliphatic carbocycles. The van der Waals surface area contributed by atoms with Gasteiger partial charge < -0.3 is 14.8 Å². The maximum Gasteiger partial charge on any atom is 0.240 e. The van der Waals surface area contributed by atoms with Gasteiger partial charge in [0, 0.05) is 11.6 Å². The van der Waals surface area contributed by atoms with E-state index in [0.717, 1.165) is 49.7 Å². The van der Waals surface area contributed by atoms with E-state index in [1.54, 1.807) is 30.3 Å². The van der Waals surface area contributed by atoms with E-state index in [1.165, 1.54) is 6.42 Å². The number of nitrogens with one attached hydrogen (secondary N) is 2. The molecule has 2 N–H and O–H groups in total. The largest absolute Gasteiger partial charge is 0.454 e. The van der Waals surface area contributed by atoms with Crippen LogP contribution in [0.15, 0.2) is 65.6 Å². The fourth-order valence-corrected chi connectivity index (χ4v) is 6.48. The Hall–Kier alpha value is -3.43. The fourth-order valence-electron chi connectivity index (χ4n) is 5.18. The Balaban J connectivity index is 1.16. The first-order chi connectivity index (χ1) is 17.9. The Morgan fingerprint density at radius 1 is 0.919 bits per heavy atom. The molecule has 2 aromatic carbocycles. The molecule has 1 aliphatic heterocycles. The number of ether oxygens (including phenoxy) is 2. The van der Waals surface area contributed by atoms with Gasteiger partial charge in [0.05, 0.1) is 16.0 Å². The fraction of sp³-hybridized carbons (Fsp3) is 0.357. The molecular formula is C28H29N3O5S. The number of nitrogens with zero attached hydrogens (tertiary/aromatic N) is 1. The molecule has 0 unspecified atom stereocenters. The smallest absolute Gasteiger partial charge is 0.240 e. The summed E-state index contributed by atoms with van der Waals surface area (Å²) in [7, 11) is -3.57. The summed E-state index contributed by atoms with van der Waals surface area (Å²) in [6.45, 7) is 0.193. The van der Waals surface area contributed by atoms with Gasteiger partial charge in [0.25, 0.3) is 0 Å².